The van der Waals surface area contributed by atoms with Gasteiger partial charge in [0, 0.05) is 18.2 Å². The first-order chi connectivity index (χ1) is 10.2. The van der Waals surface area contributed by atoms with Crippen molar-refractivity contribution < 1.29 is 14.3 Å². The lowest BCUT2D eigenvalue weighted by Crippen LogP contribution is -2.46. The molecule has 1 aromatic rings. The number of nitrogens with zero attached hydrogens (tertiary/aromatic N) is 1. The summed E-state index contributed by atoms with van der Waals surface area (Å²) in [6, 6.07) is 6.77. The third-order valence-electron chi connectivity index (χ3n) is 3.73. The lowest BCUT2D eigenvalue weighted by Gasteiger charge is -2.24. The standard InChI is InChI=1S/C16H18N2O3/c1-21-13-5-2-4-11(10-13)16(20)18-9-3-6-14(18)15(19)17-12-7-8-12/h2-6,10,12,14H,7-9H2,1H3,(H,17,19)/t14-/m1/s1. The average Bonchev–Trinajstić information content (AvgIpc) is 3.18. The van der Waals surface area contributed by atoms with E-state index in [1.807, 2.05) is 6.08 Å². The summed E-state index contributed by atoms with van der Waals surface area (Å²) >= 11 is 0. The number of rotatable bonds is 4. The monoisotopic (exact) mass is 286 g/mol. The van der Waals surface area contributed by atoms with Crippen molar-refractivity contribution in [3.8, 4) is 5.75 Å². The third-order valence-corrected chi connectivity index (χ3v) is 3.73. The van der Waals surface area contributed by atoms with Gasteiger partial charge in [-0.15, -0.1) is 0 Å². The quantitative estimate of drug-likeness (QED) is 0.850. The molecule has 0 radical (unpaired) electrons. The maximum absolute atomic E-state index is 12.6. The summed E-state index contributed by atoms with van der Waals surface area (Å²) in [6.45, 7) is 0.457. The van der Waals surface area contributed by atoms with Gasteiger partial charge in [0.1, 0.15) is 11.8 Å². The van der Waals surface area contributed by atoms with E-state index in [4.69, 9.17) is 4.74 Å². The number of nitrogens with one attached hydrogen (secondary N) is 1. The Morgan fingerprint density at radius 3 is 2.86 bits per heavy atom. The van der Waals surface area contributed by atoms with Gasteiger partial charge in [0.05, 0.1) is 7.11 Å². The first-order valence-corrected chi connectivity index (χ1v) is 7.11. The topological polar surface area (TPSA) is 58.6 Å². The molecular weight excluding hydrogens is 268 g/mol. The lowest BCUT2D eigenvalue weighted by atomic mass is 10.1. The molecule has 5 nitrogen and oxygen atoms in total. The second-order valence-corrected chi connectivity index (χ2v) is 5.35. The van der Waals surface area contributed by atoms with Crippen molar-refractivity contribution in [1.82, 2.24) is 10.2 Å². The van der Waals surface area contributed by atoms with Crippen LogP contribution in [0.4, 0.5) is 0 Å². The van der Waals surface area contributed by atoms with Crippen LogP contribution < -0.4 is 10.1 Å². The second-order valence-electron chi connectivity index (χ2n) is 5.35. The molecule has 2 amide bonds. The fourth-order valence-electron chi connectivity index (χ4n) is 2.40. The van der Waals surface area contributed by atoms with E-state index < -0.39 is 6.04 Å². The third kappa shape index (κ3) is 2.91. The molecule has 3 rings (SSSR count). The summed E-state index contributed by atoms with van der Waals surface area (Å²) in [6.07, 6.45) is 5.71. The Morgan fingerprint density at radius 1 is 1.33 bits per heavy atom. The molecular formula is C16H18N2O3. The van der Waals surface area contributed by atoms with Crippen LogP contribution >= 0.6 is 0 Å². The molecule has 1 aliphatic carbocycles. The Kier molecular flexibility index (Phi) is 3.64. The van der Waals surface area contributed by atoms with Gasteiger partial charge in [-0.25, -0.2) is 0 Å². The Balaban J connectivity index is 1.74. The first-order valence-electron chi connectivity index (χ1n) is 7.11. The number of methoxy groups -OCH3 is 1. The number of benzene rings is 1. The highest BCUT2D eigenvalue weighted by molar-refractivity contribution is 5.99. The van der Waals surface area contributed by atoms with Gasteiger partial charge in [0.2, 0.25) is 5.91 Å². The molecule has 110 valence electrons. The number of hydrogen-bond acceptors (Lipinski definition) is 3. The summed E-state index contributed by atoms with van der Waals surface area (Å²) < 4.78 is 5.14. The SMILES string of the molecule is COc1cccc(C(=O)N2CC=C[C@@H]2C(=O)NC2CC2)c1. The number of hydrogen-bond donors (Lipinski definition) is 1. The Hall–Kier alpha value is -2.30. The molecule has 1 fully saturated rings. The van der Waals surface area contributed by atoms with Crippen LogP contribution in [0.3, 0.4) is 0 Å². The van der Waals surface area contributed by atoms with Crippen LogP contribution in [0, 0.1) is 0 Å². The van der Waals surface area contributed by atoms with Gasteiger partial charge in [0.15, 0.2) is 0 Å². The lowest BCUT2D eigenvalue weighted by molar-refractivity contribution is -0.123. The minimum atomic E-state index is -0.510. The Bertz CT molecular complexity index is 593. The van der Waals surface area contributed by atoms with Gasteiger partial charge in [-0.1, -0.05) is 18.2 Å². The minimum Gasteiger partial charge on any atom is -0.497 e. The summed E-state index contributed by atoms with van der Waals surface area (Å²) in [5, 5.41) is 2.95. The van der Waals surface area contributed by atoms with Gasteiger partial charge < -0.3 is 15.0 Å². The van der Waals surface area contributed by atoms with Gasteiger partial charge in [0.25, 0.3) is 5.91 Å². The minimum absolute atomic E-state index is 0.0949. The van der Waals surface area contributed by atoms with Crippen molar-refractivity contribution in [2.24, 2.45) is 0 Å². The summed E-state index contributed by atoms with van der Waals surface area (Å²) in [4.78, 5) is 26.3. The number of carbonyl (C=O) groups is 2. The van der Waals surface area contributed by atoms with E-state index in [2.05, 4.69) is 5.32 Å². The molecule has 0 unspecified atom stereocenters. The molecule has 1 aliphatic heterocycles. The highest BCUT2D eigenvalue weighted by Crippen LogP contribution is 2.22. The van der Waals surface area contributed by atoms with Crippen LogP contribution in [-0.2, 0) is 4.79 Å². The van der Waals surface area contributed by atoms with Gasteiger partial charge in [-0.05, 0) is 31.0 Å². The smallest absolute Gasteiger partial charge is 0.255 e. The molecule has 2 aliphatic rings. The van der Waals surface area contributed by atoms with Crippen LogP contribution in [0.5, 0.6) is 5.75 Å². The molecule has 1 heterocycles. The van der Waals surface area contributed by atoms with Crippen LogP contribution in [0.15, 0.2) is 36.4 Å². The zero-order valence-electron chi connectivity index (χ0n) is 11.9. The fourth-order valence-corrected chi connectivity index (χ4v) is 2.40. The average molecular weight is 286 g/mol. The molecule has 5 heteroatoms. The molecule has 0 spiro atoms. The summed E-state index contributed by atoms with van der Waals surface area (Å²) in [7, 11) is 1.56. The van der Waals surface area contributed by atoms with Crippen molar-refractivity contribution >= 4 is 11.8 Å². The van der Waals surface area contributed by atoms with Gasteiger partial charge >= 0.3 is 0 Å². The maximum Gasteiger partial charge on any atom is 0.255 e. The predicted molar refractivity (Wildman–Crippen MR) is 78.1 cm³/mol. The zero-order chi connectivity index (χ0) is 14.8. The highest BCUT2D eigenvalue weighted by Gasteiger charge is 2.34. The highest BCUT2D eigenvalue weighted by atomic mass is 16.5. The molecule has 0 saturated heterocycles. The van der Waals surface area contributed by atoms with Crippen molar-refractivity contribution in [3.63, 3.8) is 0 Å². The molecule has 1 saturated carbocycles. The summed E-state index contributed by atoms with van der Waals surface area (Å²) in [5.74, 6) is 0.379. The van der Waals surface area contributed by atoms with Crippen LogP contribution in [0.25, 0.3) is 0 Å². The largest absolute Gasteiger partial charge is 0.497 e. The van der Waals surface area contributed by atoms with E-state index in [9.17, 15) is 9.59 Å². The summed E-state index contributed by atoms with van der Waals surface area (Å²) in [5.41, 5.74) is 0.530. The van der Waals surface area contributed by atoms with Crippen molar-refractivity contribution in [2.75, 3.05) is 13.7 Å². The van der Waals surface area contributed by atoms with Gasteiger partial charge in [-0.2, -0.15) is 0 Å². The Labute approximate surface area is 123 Å². The number of carbonyl (C=O) groups excluding carboxylic acids is 2. The van der Waals surface area contributed by atoms with Crippen molar-refractivity contribution in [3.05, 3.63) is 42.0 Å². The Morgan fingerprint density at radius 2 is 2.14 bits per heavy atom. The molecule has 21 heavy (non-hydrogen) atoms. The maximum atomic E-state index is 12.6. The van der Waals surface area contributed by atoms with Crippen molar-refractivity contribution in [1.29, 1.82) is 0 Å². The number of amides is 2. The predicted octanol–water partition coefficient (Wildman–Crippen LogP) is 1.35. The van der Waals surface area contributed by atoms with E-state index in [1.165, 1.54) is 0 Å². The molecule has 0 bridgehead atoms. The molecule has 1 aromatic carbocycles. The molecule has 0 aromatic heterocycles. The van der Waals surface area contributed by atoms with Crippen LogP contribution in [0.1, 0.15) is 23.2 Å². The normalized spacial score (nSPS) is 20.4. The van der Waals surface area contributed by atoms with Crippen LogP contribution in [0.2, 0.25) is 0 Å². The molecule has 1 N–H and O–H groups in total. The molecule has 1 atom stereocenters. The van der Waals surface area contributed by atoms with E-state index in [-0.39, 0.29) is 11.8 Å². The van der Waals surface area contributed by atoms with Crippen molar-refractivity contribution in [2.45, 2.75) is 24.9 Å². The first kappa shape index (κ1) is 13.7. The van der Waals surface area contributed by atoms with Gasteiger partial charge in [-0.3, -0.25) is 9.59 Å². The second kappa shape index (κ2) is 5.60. The fraction of sp³-hybridized carbons (Fsp3) is 0.375. The zero-order valence-corrected chi connectivity index (χ0v) is 11.9. The number of ether oxygens (including phenoxy) is 1. The van der Waals surface area contributed by atoms with E-state index in [0.29, 0.717) is 23.9 Å². The van der Waals surface area contributed by atoms with E-state index >= 15 is 0 Å². The van der Waals surface area contributed by atoms with E-state index in [0.717, 1.165) is 12.8 Å². The van der Waals surface area contributed by atoms with Crippen LogP contribution in [-0.4, -0.2) is 42.5 Å². The van der Waals surface area contributed by atoms with E-state index in [1.54, 1.807) is 42.4 Å².